The van der Waals surface area contributed by atoms with Crippen LogP contribution in [0.3, 0.4) is 0 Å². The Morgan fingerprint density at radius 3 is 2.80 bits per heavy atom. The van der Waals surface area contributed by atoms with E-state index < -0.39 is 0 Å². The molecule has 2 N–H and O–H groups in total. The summed E-state index contributed by atoms with van der Waals surface area (Å²) in [5, 5.41) is 13.2. The minimum atomic E-state index is -0.197. The van der Waals surface area contributed by atoms with Gasteiger partial charge in [0.25, 0.3) is 0 Å². The van der Waals surface area contributed by atoms with Gasteiger partial charge in [0, 0.05) is 10.2 Å². The summed E-state index contributed by atoms with van der Waals surface area (Å²) >= 11 is 3.44. The molecular formula is C12H16BrNO. The van der Waals surface area contributed by atoms with Gasteiger partial charge in [-0.2, -0.15) is 0 Å². The van der Waals surface area contributed by atoms with Crippen LogP contribution in [0.25, 0.3) is 0 Å². The van der Waals surface area contributed by atoms with Gasteiger partial charge in [-0.25, -0.2) is 0 Å². The summed E-state index contributed by atoms with van der Waals surface area (Å²) in [6.45, 7) is 0. The molecule has 82 valence electrons. The van der Waals surface area contributed by atoms with Gasteiger partial charge in [0.05, 0.1) is 12.1 Å². The van der Waals surface area contributed by atoms with E-state index in [9.17, 15) is 5.11 Å². The average Bonchev–Trinajstić information content (AvgIpc) is 2.22. The predicted octanol–water partition coefficient (Wildman–Crippen LogP) is 3.16. The fourth-order valence-corrected chi connectivity index (χ4v) is 2.47. The Morgan fingerprint density at radius 1 is 1.27 bits per heavy atom. The molecular weight excluding hydrogens is 254 g/mol. The first-order valence-electron chi connectivity index (χ1n) is 5.46. The van der Waals surface area contributed by atoms with Crippen LogP contribution in [-0.4, -0.2) is 17.3 Å². The third-order valence-corrected chi connectivity index (χ3v) is 3.40. The van der Waals surface area contributed by atoms with E-state index in [-0.39, 0.29) is 12.1 Å². The number of nitrogens with one attached hydrogen (secondary N) is 1. The molecule has 2 atom stereocenters. The third kappa shape index (κ3) is 2.95. The molecule has 0 amide bonds. The SMILES string of the molecule is O[C@@H]1CCCC[C@H]1Nc1cccc(Br)c1. The molecule has 1 fully saturated rings. The zero-order chi connectivity index (χ0) is 10.7. The van der Waals surface area contributed by atoms with Crippen LogP contribution in [0.4, 0.5) is 5.69 Å². The summed E-state index contributed by atoms with van der Waals surface area (Å²) in [5.74, 6) is 0. The standard InChI is InChI=1S/C12H16BrNO/c13-9-4-3-5-10(8-9)14-11-6-1-2-7-12(11)15/h3-5,8,11-12,14-15H,1-2,6-7H2/t11-,12-/m1/s1. The van der Waals surface area contributed by atoms with E-state index in [0.717, 1.165) is 29.4 Å². The average molecular weight is 270 g/mol. The second-order valence-electron chi connectivity index (χ2n) is 4.11. The highest BCUT2D eigenvalue weighted by molar-refractivity contribution is 9.10. The largest absolute Gasteiger partial charge is 0.391 e. The van der Waals surface area contributed by atoms with Crippen LogP contribution in [-0.2, 0) is 0 Å². The van der Waals surface area contributed by atoms with Gasteiger partial charge in [-0.3, -0.25) is 0 Å². The Kier molecular flexibility index (Phi) is 3.65. The van der Waals surface area contributed by atoms with E-state index >= 15 is 0 Å². The number of rotatable bonds is 2. The van der Waals surface area contributed by atoms with Crippen molar-refractivity contribution in [3.63, 3.8) is 0 Å². The van der Waals surface area contributed by atoms with E-state index in [0.29, 0.717) is 0 Å². The van der Waals surface area contributed by atoms with Crippen molar-refractivity contribution in [2.75, 3.05) is 5.32 Å². The van der Waals surface area contributed by atoms with E-state index in [4.69, 9.17) is 0 Å². The van der Waals surface area contributed by atoms with E-state index in [1.165, 1.54) is 6.42 Å². The van der Waals surface area contributed by atoms with Crippen molar-refractivity contribution in [3.05, 3.63) is 28.7 Å². The fourth-order valence-electron chi connectivity index (χ4n) is 2.07. The zero-order valence-electron chi connectivity index (χ0n) is 8.62. The van der Waals surface area contributed by atoms with Gasteiger partial charge in [0.2, 0.25) is 0 Å². The molecule has 3 heteroatoms. The van der Waals surface area contributed by atoms with Crippen LogP contribution >= 0.6 is 15.9 Å². The number of anilines is 1. The summed E-state index contributed by atoms with van der Waals surface area (Å²) in [4.78, 5) is 0. The highest BCUT2D eigenvalue weighted by Gasteiger charge is 2.22. The lowest BCUT2D eigenvalue weighted by Gasteiger charge is -2.29. The molecule has 0 aromatic heterocycles. The Labute approximate surface area is 98.8 Å². The van der Waals surface area contributed by atoms with Crippen LogP contribution in [0.1, 0.15) is 25.7 Å². The lowest BCUT2D eigenvalue weighted by molar-refractivity contribution is 0.116. The minimum Gasteiger partial charge on any atom is -0.391 e. The van der Waals surface area contributed by atoms with Crippen molar-refractivity contribution in [1.29, 1.82) is 0 Å². The molecule has 0 heterocycles. The van der Waals surface area contributed by atoms with Crippen molar-refractivity contribution in [2.45, 2.75) is 37.8 Å². The maximum Gasteiger partial charge on any atom is 0.0741 e. The lowest BCUT2D eigenvalue weighted by Crippen LogP contribution is -2.36. The van der Waals surface area contributed by atoms with E-state index in [2.05, 4.69) is 21.2 Å². The normalized spacial score (nSPS) is 26.3. The zero-order valence-corrected chi connectivity index (χ0v) is 10.2. The smallest absolute Gasteiger partial charge is 0.0741 e. The second-order valence-corrected chi connectivity index (χ2v) is 5.03. The maximum atomic E-state index is 9.83. The van der Waals surface area contributed by atoms with Crippen LogP contribution in [0.15, 0.2) is 28.7 Å². The molecule has 1 aliphatic rings. The number of benzene rings is 1. The molecule has 1 aromatic carbocycles. The van der Waals surface area contributed by atoms with Gasteiger partial charge in [0.1, 0.15) is 0 Å². The number of hydrogen-bond donors (Lipinski definition) is 2. The quantitative estimate of drug-likeness (QED) is 0.865. The van der Waals surface area contributed by atoms with Crippen molar-refractivity contribution < 1.29 is 5.11 Å². The van der Waals surface area contributed by atoms with E-state index in [1.54, 1.807) is 0 Å². The molecule has 0 unspecified atom stereocenters. The monoisotopic (exact) mass is 269 g/mol. The van der Waals surface area contributed by atoms with E-state index in [1.807, 2.05) is 24.3 Å². The van der Waals surface area contributed by atoms with Crippen molar-refractivity contribution >= 4 is 21.6 Å². The molecule has 1 aliphatic carbocycles. The Bertz CT molecular complexity index is 329. The first-order chi connectivity index (χ1) is 7.25. The van der Waals surface area contributed by atoms with Crippen LogP contribution in [0.5, 0.6) is 0 Å². The topological polar surface area (TPSA) is 32.3 Å². The summed E-state index contributed by atoms with van der Waals surface area (Å²) in [6, 6.07) is 8.30. The molecule has 0 aliphatic heterocycles. The first-order valence-corrected chi connectivity index (χ1v) is 6.25. The molecule has 0 spiro atoms. The van der Waals surface area contributed by atoms with Crippen LogP contribution in [0.2, 0.25) is 0 Å². The Morgan fingerprint density at radius 2 is 2.07 bits per heavy atom. The Balaban J connectivity index is 2.01. The summed E-state index contributed by atoms with van der Waals surface area (Å²) in [7, 11) is 0. The highest BCUT2D eigenvalue weighted by atomic mass is 79.9. The molecule has 2 nitrogen and oxygen atoms in total. The highest BCUT2D eigenvalue weighted by Crippen LogP contribution is 2.23. The molecule has 15 heavy (non-hydrogen) atoms. The van der Waals surface area contributed by atoms with Gasteiger partial charge in [-0.05, 0) is 31.0 Å². The number of hydrogen-bond acceptors (Lipinski definition) is 2. The van der Waals surface area contributed by atoms with Gasteiger partial charge in [-0.1, -0.05) is 34.8 Å². The van der Waals surface area contributed by atoms with Crippen LogP contribution < -0.4 is 5.32 Å². The summed E-state index contributed by atoms with van der Waals surface area (Å²) in [6.07, 6.45) is 4.15. The fraction of sp³-hybridized carbons (Fsp3) is 0.500. The third-order valence-electron chi connectivity index (χ3n) is 2.91. The van der Waals surface area contributed by atoms with Crippen molar-refractivity contribution in [2.24, 2.45) is 0 Å². The molecule has 2 rings (SSSR count). The number of halogens is 1. The van der Waals surface area contributed by atoms with Gasteiger partial charge >= 0.3 is 0 Å². The lowest BCUT2D eigenvalue weighted by atomic mass is 9.92. The molecule has 1 saturated carbocycles. The number of aliphatic hydroxyl groups is 1. The van der Waals surface area contributed by atoms with Gasteiger partial charge in [-0.15, -0.1) is 0 Å². The minimum absolute atomic E-state index is 0.197. The maximum absolute atomic E-state index is 9.83. The van der Waals surface area contributed by atoms with Crippen molar-refractivity contribution in [1.82, 2.24) is 0 Å². The Hall–Kier alpha value is -0.540. The molecule has 1 aromatic rings. The van der Waals surface area contributed by atoms with Crippen molar-refractivity contribution in [3.8, 4) is 0 Å². The second kappa shape index (κ2) is 4.99. The summed E-state index contributed by atoms with van der Waals surface area (Å²) < 4.78 is 1.07. The molecule has 0 saturated heterocycles. The van der Waals surface area contributed by atoms with Gasteiger partial charge in [0.15, 0.2) is 0 Å². The molecule has 0 radical (unpaired) electrons. The van der Waals surface area contributed by atoms with Crippen LogP contribution in [0, 0.1) is 0 Å². The first kappa shape index (κ1) is 11.0. The molecule has 0 bridgehead atoms. The number of aliphatic hydroxyl groups excluding tert-OH is 1. The predicted molar refractivity (Wildman–Crippen MR) is 66.0 cm³/mol. The van der Waals surface area contributed by atoms with Gasteiger partial charge < -0.3 is 10.4 Å². The summed E-state index contributed by atoms with van der Waals surface area (Å²) in [5.41, 5.74) is 1.08.